The molecule has 0 aliphatic rings. The number of carbonyl (C=O) groups is 1. The van der Waals surface area contributed by atoms with E-state index in [-0.39, 0.29) is 16.4 Å². The molecule has 0 aliphatic heterocycles. The quantitative estimate of drug-likeness (QED) is 0.812. The van der Waals surface area contributed by atoms with Crippen LogP contribution in [0.25, 0.3) is 0 Å². The Kier molecular flexibility index (Phi) is 4.55. The molecule has 0 aromatic heterocycles. The molecule has 0 saturated heterocycles. The molecule has 104 valence electrons. The minimum Gasteiger partial charge on any atom is -0.335 e. The van der Waals surface area contributed by atoms with E-state index < -0.39 is 5.82 Å². The van der Waals surface area contributed by atoms with Gasteiger partial charge in [0.1, 0.15) is 5.82 Å². The molecule has 2 aromatic rings. The van der Waals surface area contributed by atoms with Crippen LogP contribution >= 0.6 is 15.9 Å². The minimum absolute atomic E-state index is 0.0844. The van der Waals surface area contributed by atoms with Crippen molar-refractivity contribution in [2.75, 3.05) is 7.05 Å². The average Bonchev–Trinajstić information content (AvgIpc) is 2.48. The van der Waals surface area contributed by atoms with Gasteiger partial charge in [0.05, 0.1) is 16.1 Å². The van der Waals surface area contributed by atoms with Crippen LogP contribution in [0.4, 0.5) is 4.39 Å². The Balaban J connectivity index is 2.27. The standard InChI is InChI=1S/C16H15BrFNO/c1-11(12-7-4-3-5-8-12)19(2)16(20)13-9-6-10-14(18)15(13)17/h3-11H,1-2H3. The predicted molar refractivity (Wildman–Crippen MR) is 81.1 cm³/mol. The van der Waals surface area contributed by atoms with Crippen molar-refractivity contribution in [3.8, 4) is 0 Å². The Labute approximate surface area is 126 Å². The third-order valence-electron chi connectivity index (χ3n) is 3.37. The number of hydrogen-bond acceptors (Lipinski definition) is 1. The Morgan fingerprint density at radius 2 is 1.80 bits per heavy atom. The van der Waals surface area contributed by atoms with E-state index in [0.29, 0.717) is 5.56 Å². The zero-order valence-electron chi connectivity index (χ0n) is 11.3. The van der Waals surface area contributed by atoms with Crippen molar-refractivity contribution in [2.24, 2.45) is 0 Å². The van der Waals surface area contributed by atoms with Crippen molar-refractivity contribution >= 4 is 21.8 Å². The van der Waals surface area contributed by atoms with E-state index in [9.17, 15) is 9.18 Å². The van der Waals surface area contributed by atoms with Crippen LogP contribution in [-0.2, 0) is 0 Å². The summed E-state index contributed by atoms with van der Waals surface area (Å²) in [6.07, 6.45) is 0. The molecule has 0 aliphatic carbocycles. The summed E-state index contributed by atoms with van der Waals surface area (Å²) < 4.78 is 13.7. The molecule has 0 bridgehead atoms. The number of nitrogens with zero attached hydrogens (tertiary/aromatic N) is 1. The molecule has 0 N–H and O–H groups in total. The first-order valence-corrected chi connectivity index (χ1v) is 7.07. The predicted octanol–water partition coefficient (Wildman–Crippen LogP) is 4.42. The van der Waals surface area contributed by atoms with E-state index in [2.05, 4.69) is 15.9 Å². The van der Waals surface area contributed by atoms with Gasteiger partial charge in [-0.05, 0) is 40.5 Å². The topological polar surface area (TPSA) is 20.3 Å². The number of amides is 1. The van der Waals surface area contributed by atoms with Crippen molar-refractivity contribution in [3.05, 3.63) is 69.9 Å². The van der Waals surface area contributed by atoms with Gasteiger partial charge in [-0.1, -0.05) is 36.4 Å². The van der Waals surface area contributed by atoms with E-state index in [1.807, 2.05) is 37.3 Å². The molecule has 0 heterocycles. The zero-order valence-corrected chi connectivity index (χ0v) is 12.9. The number of halogens is 2. The first-order valence-electron chi connectivity index (χ1n) is 6.28. The Bertz CT molecular complexity index is 615. The van der Waals surface area contributed by atoms with Gasteiger partial charge in [-0.3, -0.25) is 4.79 Å². The maximum Gasteiger partial charge on any atom is 0.255 e. The van der Waals surface area contributed by atoms with Gasteiger partial charge in [-0.2, -0.15) is 0 Å². The van der Waals surface area contributed by atoms with Crippen molar-refractivity contribution in [2.45, 2.75) is 13.0 Å². The van der Waals surface area contributed by atoms with Crippen LogP contribution in [0.5, 0.6) is 0 Å². The van der Waals surface area contributed by atoms with Crippen molar-refractivity contribution in [1.29, 1.82) is 0 Å². The van der Waals surface area contributed by atoms with Gasteiger partial charge in [0, 0.05) is 7.05 Å². The molecule has 2 nitrogen and oxygen atoms in total. The first kappa shape index (κ1) is 14.7. The van der Waals surface area contributed by atoms with Gasteiger partial charge in [0.25, 0.3) is 5.91 Å². The van der Waals surface area contributed by atoms with Crippen LogP contribution in [-0.4, -0.2) is 17.9 Å². The maximum absolute atomic E-state index is 13.5. The van der Waals surface area contributed by atoms with E-state index in [1.165, 1.54) is 12.1 Å². The Hall–Kier alpha value is -1.68. The van der Waals surface area contributed by atoms with E-state index in [4.69, 9.17) is 0 Å². The molecule has 1 atom stereocenters. The number of carbonyl (C=O) groups excluding carboxylic acids is 1. The lowest BCUT2D eigenvalue weighted by atomic mass is 10.1. The van der Waals surface area contributed by atoms with Crippen LogP contribution in [0.2, 0.25) is 0 Å². The van der Waals surface area contributed by atoms with E-state index in [1.54, 1.807) is 18.0 Å². The van der Waals surface area contributed by atoms with Crippen LogP contribution in [0.1, 0.15) is 28.9 Å². The molecule has 0 radical (unpaired) electrons. The van der Waals surface area contributed by atoms with Crippen LogP contribution < -0.4 is 0 Å². The average molecular weight is 336 g/mol. The van der Waals surface area contributed by atoms with Gasteiger partial charge in [0.15, 0.2) is 0 Å². The fourth-order valence-electron chi connectivity index (χ4n) is 1.99. The van der Waals surface area contributed by atoms with Gasteiger partial charge in [-0.25, -0.2) is 4.39 Å². The monoisotopic (exact) mass is 335 g/mol. The second-order valence-corrected chi connectivity index (χ2v) is 5.40. The second kappa shape index (κ2) is 6.18. The lowest BCUT2D eigenvalue weighted by Gasteiger charge is -2.26. The molecule has 4 heteroatoms. The fraction of sp³-hybridized carbons (Fsp3) is 0.188. The summed E-state index contributed by atoms with van der Waals surface area (Å²) in [6.45, 7) is 1.94. The summed E-state index contributed by atoms with van der Waals surface area (Å²) in [5.41, 5.74) is 1.37. The highest BCUT2D eigenvalue weighted by Crippen LogP contribution is 2.25. The van der Waals surface area contributed by atoms with E-state index in [0.717, 1.165) is 5.56 Å². The number of hydrogen-bond donors (Lipinski definition) is 0. The summed E-state index contributed by atoms with van der Waals surface area (Å²) >= 11 is 3.13. The van der Waals surface area contributed by atoms with Gasteiger partial charge in [0.2, 0.25) is 0 Å². The maximum atomic E-state index is 13.5. The van der Waals surface area contributed by atoms with Crippen molar-refractivity contribution in [1.82, 2.24) is 4.90 Å². The fourth-order valence-corrected chi connectivity index (χ4v) is 2.42. The zero-order chi connectivity index (χ0) is 14.7. The van der Waals surface area contributed by atoms with E-state index >= 15 is 0 Å². The van der Waals surface area contributed by atoms with Crippen LogP contribution in [0.15, 0.2) is 53.0 Å². The smallest absolute Gasteiger partial charge is 0.255 e. The molecular formula is C16H15BrFNO. The summed E-state index contributed by atoms with van der Waals surface area (Å²) in [6, 6.07) is 14.1. The van der Waals surface area contributed by atoms with Crippen LogP contribution in [0, 0.1) is 5.82 Å². The molecule has 20 heavy (non-hydrogen) atoms. The Morgan fingerprint density at radius 1 is 1.15 bits per heavy atom. The highest BCUT2D eigenvalue weighted by atomic mass is 79.9. The third-order valence-corrected chi connectivity index (χ3v) is 4.17. The summed E-state index contributed by atoms with van der Waals surface area (Å²) in [7, 11) is 1.72. The summed E-state index contributed by atoms with van der Waals surface area (Å²) in [5, 5.41) is 0. The van der Waals surface area contributed by atoms with Crippen LogP contribution in [0.3, 0.4) is 0 Å². The molecule has 1 unspecified atom stereocenters. The molecule has 0 saturated carbocycles. The molecule has 2 rings (SSSR count). The molecule has 2 aromatic carbocycles. The highest BCUT2D eigenvalue weighted by Gasteiger charge is 2.21. The van der Waals surface area contributed by atoms with Gasteiger partial charge >= 0.3 is 0 Å². The van der Waals surface area contributed by atoms with Crippen molar-refractivity contribution < 1.29 is 9.18 Å². The second-order valence-electron chi connectivity index (χ2n) is 4.60. The molecular weight excluding hydrogens is 321 g/mol. The molecule has 1 amide bonds. The SMILES string of the molecule is CC(c1ccccc1)N(C)C(=O)c1cccc(F)c1Br. The van der Waals surface area contributed by atoms with Gasteiger partial charge in [-0.15, -0.1) is 0 Å². The normalized spacial score (nSPS) is 12.0. The largest absolute Gasteiger partial charge is 0.335 e. The highest BCUT2D eigenvalue weighted by molar-refractivity contribution is 9.10. The van der Waals surface area contributed by atoms with Gasteiger partial charge < -0.3 is 4.90 Å². The lowest BCUT2D eigenvalue weighted by Crippen LogP contribution is -2.30. The molecule has 0 fully saturated rings. The lowest BCUT2D eigenvalue weighted by molar-refractivity contribution is 0.0741. The third kappa shape index (κ3) is 2.90. The first-order chi connectivity index (χ1) is 9.52. The van der Waals surface area contributed by atoms with Crippen molar-refractivity contribution in [3.63, 3.8) is 0 Å². The summed E-state index contributed by atoms with van der Waals surface area (Å²) in [4.78, 5) is 14.1. The Morgan fingerprint density at radius 3 is 2.45 bits per heavy atom. The number of rotatable bonds is 3. The summed E-state index contributed by atoms with van der Waals surface area (Å²) in [5.74, 6) is -0.649. The molecule has 0 spiro atoms. The minimum atomic E-state index is -0.434. The number of benzene rings is 2.